The molecule has 0 radical (unpaired) electrons. The van der Waals surface area contributed by atoms with E-state index in [-0.39, 0.29) is 60.0 Å². The second-order valence-electron chi connectivity index (χ2n) is 18.0. The number of carbonyl (C=O) groups is 5. The molecule has 0 aromatic heterocycles. The van der Waals surface area contributed by atoms with Gasteiger partial charge in [-0.1, -0.05) is 51.1 Å². The molecule has 3 aromatic carbocycles. The molecule has 1 atom stereocenters. The van der Waals surface area contributed by atoms with Crippen LogP contribution in [0.2, 0.25) is 5.02 Å². The third-order valence-corrected chi connectivity index (χ3v) is 13.8. The molecule has 14 heteroatoms. The van der Waals surface area contributed by atoms with Gasteiger partial charge in [0, 0.05) is 72.2 Å². The van der Waals surface area contributed by atoms with Crippen LogP contribution in [-0.4, -0.2) is 94.6 Å². The monoisotopic (exact) mass is 830 g/mol. The largest absolute Gasteiger partial charge is 0.489 e. The first-order valence-electron chi connectivity index (χ1n) is 20.4. The highest BCUT2D eigenvalue weighted by atomic mass is 35.5. The van der Waals surface area contributed by atoms with Crippen LogP contribution in [0.25, 0.3) is 0 Å². The number of ether oxygens (including phenoxy) is 1. The van der Waals surface area contributed by atoms with Crippen molar-refractivity contribution in [3.05, 3.63) is 92.8 Å². The first kappa shape index (κ1) is 39.7. The van der Waals surface area contributed by atoms with Gasteiger partial charge in [0.15, 0.2) is 0 Å². The van der Waals surface area contributed by atoms with Crippen molar-refractivity contribution < 1.29 is 33.1 Å². The van der Waals surface area contributed by atoms with Gasteiger partial charge < -0.3 is 14.5 Å². The zero-order valence-corrected chi connectivity index (χ0v) is 34.6. The minimum atomic E-state index is -0.997. The number of hydrogen-bond donors (Lipinski definition) is 1. The number of amides is 5. The molecular formula is C46H44ClFN6O6. The summed E-state index contributed by atoms with van der Waals surface area (Å²) in [6.45, 7) is 11.8. The van der Waals surface area contributed by atoms with Gasteiger partial charge >= 0.3 is 0 Å². The van der Waals surface area contributed by atoms with Crippen LogP contribution in [0, 0.1) is 45.7 Å². The molecule has 1 N–H and O–H groups in total. The van der Waals surface area contributed by atoms with Crippen LogP contribution in [-0.2, 0) is 16.1 Å². The van der Waals surface area contributed by atoms with E-state index in [2.05, 4.69) is 60.7 Å². The zero-order valence-electron chi connectivity index (χ0n) is 33.8. The van der Waals surface area contributed by atoms with Gasteiger partial charge in [-0.05, 0) is 80.4 Å². The quantitative estimate of drug-likeness (QED) is 0.250. The molecule has 5 aliphatic heterocycles. The number of piperidine rings is 2. The molecule has 12 nitrogen and oxygen atoms in total. The Kier molecular flexibility index (Phi) is 9.56. The molecule has 3 saturated heterocycles. The lowest BCUT2D eigenvalue weighted by atomic mass is 9.49. The van der Waals surface area contributed by atoms with E-state index in [1.54, 1.807) is 35.2 Å². The van der Waals surface area contributed by atoms with Crippen molar-refractivity contribution in [1.29, 1.82) is 5.26 Å². The summed E-state index contributed by atoms with van der Waals surface area (Å²) in [5.41, 5.74) is 2.09. The van der Waals surface area contributed by atoms with Crippen LogP contribution in [0.3, 0.4) is 0 Å². The van der Waals surface area contributed by atoms with Crippen LogP contribution < -0.4 is 15.0 Å². The molecular weight excluding hydrogens is 787 g/mol. The average molecular weight is 831 g/mol. The Bertz CT molecular complexity index is 2490. The van der Waals surface area contributed by atoms with Crippen LogP contribution in [0.4, 0.5) is 10.1 Å². The van der Waals surface area contributed by atoms with Crippen molar-refractivity contribution in [3.8, 4) is 23.7 Å². The summed E-state index contributed by atoms with van der Waals surface area (Å²) >= 11 is 6.27. The van der Waals surface area contributed by atoms with E-state index in [0.717, 1.165) is 49.6 Å². The standard InChI is InChI=1S/C46H44ClFN6O6/c1-45(2)43(46(3,4)44(45)60-31-9-7-27(21-49)34(47)20-31)53-22-28-17-26(18-35(48)38(28)42(53)59)6-5-25-13-15-51(16-14-25)30-23-52(24-30)29-8-10-32-33(19-29)41(58)54(40(32)57)36-11-12-37(55)50-39(36)56/h7-10,17-20,25,30,36,43-44H,11-16,22-24H2,1-4H3,(H,50,55,56). The lowest BCUT2D eigenvalue weighted by Gasteiger charge is -2.65. The Morgan fingerprint density at radius 2 is 1.60 bits per heavy atom. The molecule has 9 rings (SSSR count). The van der Waals surface area contributed by atoms with Crippen LogP contribution >= 0.6 is 11.6 Å². The van der Waals surface area contributed by atoms with Crippen molar-refractivity contribution in [1.82, 2.24) is 20.0 Å². The van der Waals surface area contributed by atoms with E-state index in [4.69, 9.17) is 16.3 Å². The van der Waals surface area contributed by atoms with Crippen molar-refractivity contribution in [3.63, 3.8) is 0 Å². The number of nitrogens with one attached hydrogen (secondary N) is 1. The van der Waals surface area contributed by atoms with E-state index >= 15 is 4.39 Å². The number of halogens is 2. The summed E-state index contributed by atoms with van der Waals surface area (Å²) in [6, 6.07) is 14.6. The van der Waals surface area contributed by atoms with Crippen LogP contribution in [0.15, 0.2) is 48.5 Å². The van der Waals surface area contributed by atoms with E-state index in [1.165, 1.54) is 6.07 Å². The zero-order chi connectivity index (χ0) is 42.4. The lowest BCUT2D eigenvalue weighted by Crippen LogP contribution is -2.74. The maximum atomic E-state index is 15.7. The van der Waals surface area contributed by atoms with Gasteiger partial charge in [-0.2, -0.15) is 5.26 Å². The Balaban J connectivity index is 0.791. The van der Waals surface area contributed by atoms with E-state index < -0.39 is 46.3 Å². The molecule has 3 aromatic rings. The van der Waals surface area contributed by atoms with E-state index in [0.29, 0.717) is 33.5 Å². The summed E-state index contributed by atoms with van der Waals surface area (Å²) in [7, 11) is 0. The first-order chi connectivity index (χ1) is 28.6. The Labute approximate surface area is 352 Å². The maximum absolute atomic E-state index is 15.7. The molecule has 4 fully saturated rings. The van der Waals surface area contributed by atoms with Gasteiger partial charge in [0.1, 0.15) is 29.8 Å². The molecule has 5 heterocycles. The van der Waals surface area contributed by atoms with Crippen LogP contribution in [0.5, 0.6) is 5.75 Å². The summed E-state index contributed by atoms with van der Waals surface area (Å²) in [4.78, 5) is 71.6. The van der Waals surface area contributed by atoms with E-state index in [1.807, 2.05) is 12.1 Å². The summed E-state index contributed by atoms with van der Waals surface area (Å²) < 4.78 is 22.1. The summed E-state index contributed by atoms with van der Waals surface area (Å²) in [5.74, 6) is 4.34. The highest BCUT2D eigenvalue weighted by Crippen LogP contribution is 2.59. The van der Waals surface area contributed by atoms with Gasteiger partial charge in [-0.15, -0.1) is 0 Å². The second-order valence-corrected chi connectivity index (χ2v) is 18.4. The fourth-order valence-corrected chi connectivity index (χ4v) is 11.1. The maximum Gasteiger partial charge on any atom is 0.262 e. The number of hydrogen-bond acceptors (Lipinski definition) is 9. The molecule has 1 saturated carbocycles. The van der Waals surface area contributed by atoms with Gasteiger partial charge in [-0.25, -0.2) is 4.39 Å². The minimum Gasteiger partial charge on any atom is -0.489 e. The SMILES string of the molecule is CC1(C)C(Oc2ccc(C#N)c(Cl)c2)C(C)(C)C1N1Cc2cc(C#CC3CCN(C4CN(c5ccc6c(c5)C(=O)N(C5CCC(=O)NC5=O)C6=O)C4)CC3)cc(F)c2C1=O. The van der Waals surface area contributed by atoms with Crippen molar-refractivity contribution >= 4 is 46.8 Å². The van der Waals surface area contributed by atoms with Crippen molar-refractivity contribution in [2.45, 2.75) is 84.2 Å². The molecule has 5 amide bonds. The minimum absolute atomic E-state index is 0.0726. The molecule has 0 bridgehead atoms. The number of fused-ring (bicyclic) bond motifs is 2. The Hall–Kier alpha value is -5.76. The third-order valence-electron chi connectivity index (χ3n) is 13.5. The summed E-state index contributed by atoms with van der Waals surface area (Å²) in [5, 5.41) is 11.8. The second kappa shape index (κ2) is 14.5. The fraction of sp³-hybridized carbons (Fsp3) is 0.435. The predicted molar refractivity (Wildman–Crippen MR) is 218 cm³/mol. The number of benzene rings is 3. The van der Waals surface area contributed by atoms with Crippen molar-refractivity contribution in [2.24, 2.45) is 16.7 Å². The number of rotatable bonds is 6. The summed E-state index contributed by atoms with van der Waals surface area (Å²) in [6.07, 6.45) is 1.66. The molecule has 60 heavy (non-hydrogen) atoms. The lowest BCUT2D eigenvalue weighted by molar-refractivity contribution is -0.199. The van der Waals surface area contributed by atoms with Crippen molar-refractivity contribution in [2.75, 3.05) is 31.1 Å². The highest BCUT2D eigenvalue weighted by Gasteiger charge is 2.67. The number of anilines is 1. The molecule has 6 aliphatic rings. The smallest absolute Gasteiger partial charge is 0.262 e. The third kappa shape index (κ3) is 6.41. The van der Waals surface area contributed by atoms with Crippen LogP contribution in [0.1, 0.15) is 101 Å². The average Bonchev–Trinajstić information content (AvgIpc) is 3.63. The number of carbonyl (C=O) groups excluding carboxylic acids is 5. The predicted octanol–water partition coefficient (Wildman–Crippen LogP) is 5.54. The normalized spacial score (nSPS) is 24.9. The number of imide groups is 2. The van der Waals surface area contributed by atoms with Gasteiger partial charge in [0.2, 0.25) is 11.8 Å². The topological polar surface area (TPSA) is 143 Å². The number of nitrogens with zero attached hydrogens (tertiary/aromatic N) is 5. The fourth-order valence-electron chi connectivity index (χ4n) is 10.9. The molecule has 1 aliphatic carbocycles. The Morgan fingerprint density at radius 1 is 0.883 bits per heavy atom. The number of likely N-dealkylation sites (tertiary alicyclic amines) is 1. The van der Waals surface area contributed by atoms with Gasteiger partial charge in [0.05, 0.1) is 27.3 Å². The molecule has 1 unspecified atom stereocenters. The highest BCUT2D eigenvalue weighted by molar-refractivity contribution is 6.31. The number of nitriles is 1. The molecule has 308 valence electrons. The molecule has 0 spiro atoms. The first-order valence-corrected chi connectivity index (χ1v) is 20.8. The van der Waals surface area contributed by atoms with Gasteiger partial charge in [0.25, 0.3) is 17.7 Å². The van der Waals surface area contributed by atoms with Gasteiger partial charge in [-0.3, -0.25) is 39.1 Å². The Morgan fingerprint density at radius 3 is 2.28 bits per heavy atom. The van der Waals surface area contributed by atoms with E-state index in [9.17, 15) is 29.2 Å².